The van der Waals surface area contributed by atoms with Crippen LogP contribution in [0, 0.1) is 0 Å². The van der Waals surface area contributed by atoms with Gasteiger partial charge in [-0.25, -0.2) is 0 Å². The summed E-state index contributed by atoms with van der Waals surface area (Å²) < 4.78 is 11.3. The van der Waals surface area contributed by atoms with Gasteiger partial charge in [-0.3, -0.25) is 14.5 Å². The van der Waals surface area contributed by atoms with Gasteiger partial charge in [0, 0.05) is 39.1 Å². The molecule has 0 aliphatic carbocycles. The van der Waals surface area contributed by atoms with E-state index in [0.717, 1.165) is 31.8 Å². The zero-order chi connectivity index (χ0) is 20.2. The molecule has 0 unspecified atom stereocenters. The lowest BCUT2D eigenvalue weighted by atomic mass is 10.2. The van der Waals surface area contributed by atoms with Gasteiger partial charge in [0.25, 0.3) is 0 Å². The first-order valence-corrected chi connectivity index (χ1v) is 10.3. The fourth-order valence-corrected chi connectivity index (χ4v) is 3.24. The molecule has 28 heavy (non-hydrogen) atoms. The second kappa shape index (κ2) is 12.2. The van der Waals surface area contributed by atoms with E-state index in [1.54, 1.807) is 0 Å². The van der Waals surface area contributed by atoms with Gasteiger partial charge in [0.05, 0.1) is 19.8 Å². The lowest BCUT2D eigenvalue weighted by Gasteiger charge is -2.21. The lowest BCUT2D eigenvalue weighted by Crippen LogP contribution is -2.40. The molecule has 0 aromatic heterocycles. The van der Waals surface area contributed by atoms with Crippen molar-refractivity contribution in [3.05, 3.63) is 24.3 Å². The topological polar surface area (TPSA) is 71.1 Å². The Morgan fingerprint density at radius 3 is 2.50 bits per heavy atom. The third kappa shape index (κ3) is 7.38. The smallest absolute Gasteiger partial charge is 0.234 e. The fraction of sp³-hybridized carbons (Fsp3) is 0.619. The van der Waals surface area contributed by atoms with E-state index in [1.165, 1.54) is 0 Å². The number of amides is 2. The quantitative estimate of drug-likeness (QED) is 0.617. The average Bonchev–Trinajstić information content (AvgIpc) is 2.92. The number of benzene rings is 1. The van der Waals surface area contributed by atoms with Crippen molar-refractivity contribution in [3.63, 3.8) is 0 Å². The molecule has 0 spiro atoms. The molecule has 1 aromatic carbocycles. The monoisotopic (exact) mass is 391 g/mol. The maximum atomic E-state index is 12.5. The minimum atomic E-state index is 0.0479. The normalized spacial score (nSPS) is 15.0. The second-order valence-electron chi connectivity index (χ2n) is 6.80. The van der Waals surface area contributed by atoms with Gasteiger partial charge >= 0.3 is 0 Å². The summed E-state index contributed by atoms with van der Waals surface area (Å²) in [6, 6.07) is 7.58. The highest BCUT2D eigenvalue weighted by Crippen LogP contribution is 2.26. The molecule has 0 radical (unpaired) electrons. The molecule has 1 N–H and O–H groups in total. The number of hydrogen-bond acceptors (Lipinski definition) is 5. The van der Waals surface area contributed by atoms with Crippen molar-refractivity contribution in [1.29, 1.82) is 0 Å². The summed E-state index contributed by atoms with van der Waals surface area (Å²) in [4.78, 5) is 28.3. The number of hydrogen-bond donors (Lipinski definition) is 1. The number of nitrogens with zero attached hydrogens (tertiary/aromatic N) is 2. The molecule has 0 atom stereocenters. The summed E-state index contributed by atoms with van der Waals surface area (Å²) in [5, 5.41) is 2.82. The van der Waals surface area contributed by atoms with Crippen LogP contribution in [0.3, 0.4) is 0 Å². The Kier molecular flexibility index (Phi) is 9.62. The van der Waals surface area contributed by atoms with Gasteiger partial charge in [0.2, 0.25) is 11.8 Å². The number of likely N-dealkylation sites (N-methyl/N-ethyl adjacent to an activating group) is 1. The third-order valence-corrected chi connectivity index (χ3v) is 4.62. The van der Waals surface area contributed by atoms with E-state index in [0.29, 0.717) is 51.4 Å². The van der Waals surface area contributed by atoms with E-state index < -0.39 is 0 Å². The number of ether oxygens (including phenoxy) is 2. The van der Waals surface area contributed by atoms with Crippen LogP contribution in [0.25, 0.3) is 0 Å². The number of para-hydroxylation sites is 2. The maximum Gasteiger partial charge on any atom is 0.234 e. The molecular weight excluding hydrogens is 358 g/mol. The molecular formula is C21H33N3O4. The van der Waals surface area contributed by atoms with Gasteiger partial charge in [0.1, 0.15) is 0 Å². The van der Waals surface area contributed by atoms with Gasteiger partial charge in [0.15, 0.2) is 11.5 Å². The summed E-state index contributed by atoms with van der Waals surface area (Å²) in [5.41, 5.74) is 0. The molecule has 2 amide bonds. The molecule has 156 valence electrons. The van der Waals surface area contributed by atoms with Crippen LogP contribution in [0.5, 0.6) is 11.5 Å². The number of carbonyl (C=O) groups is 2. The summed E-state index contributed by atoms with van der Waals surface area (Å²) in [7, 11) is 0. The lowest BCUT2D eigenvalue weighted by molar-refractivity contribution is -0.131. The van der Waals surface area contributed by atoms with Gasteiger partial charge in [-0.1, -0.05) is 12.1 Å². The Morgan fingerprint density at radius 1 is 1.04 bits per heavy atom. The minimum absolute atomic E-state index is 0.0479. The first-order chi connectivity index (χ1) is 13.6. The van der Waals surface area contributed by atoms with Crippen molar-refractivity contribution < 1.29 is 19.1 Å². The van der Waals surface area contributed by atoms with Gasteiger partial charge in [-0.05, 0) is 38.8 Å². The van der Waals surface area contributed by atoms with Crippen LogP contribution in [0.1, 0.15) is 33.1 Å². The first kappa shape index (κ1) is 22.0. The van der Waals surface area contributed by atoms with Crippen LogP contribution in [-0.2, 0) is 9.59 Å². The molecule has 2 rings (SSSR count). The van der Waals surface area contributed by atoms with E-state index in [1.807, 2.05) is 43.0 Å². The number of nitrogens with one attached hydrogen (secondary N) is 1. The fourth-order valence-electron chi connectivity index (χ4n) is 3.24. The Bertz CT molecular complexity index is 623. The van der Waals surface area contributed by atoms with Gasteiger partial charge < -0.3 is 19.7 Å². The van der Waals surface area contributed by atoms with Crippen molar-refractivity contribution in [2.24, 2.45) is 0 Å². The van der Waals surface area contributed by atoms with Gasteiger partial charge in [-0.2, -0.15) is 0 Å². The van der Waals surface area contributed by atoms with E-state index in [2.05, 4.69) is 10.2 Å². The van der Waals surface area contributed by atoms with Crippen LogP contribution in [0.15, 0.2) is 24.3 Å². The van der Waals surface area contributed by atoms with E-state index >= 15 is 0 Å². The van der Waals surface area contributed by atoms with E-state index in [4.69, 9.17) is 9.47 Å². The standard InChI is InChI=1S/C21H33N3O4/c1-3-22-20(25)17-23-12-8-13-24(15-14-23)21(26)11-7-16-28-19-10-6-5-9-18(19)27-4-2/h5-6,9-10H,3-4,7-8,11-17H2,1-2H3,(H,22,25). The minimum Gasteiger partial charge on any atom is -0.490 e. The largest absolute Gasteiger partial charge is 0.490 e. The molecule has 1 heterocycles. The highest BCUT2D eigenvalue weighted by Gasteiger charge is 2.20. The molecule has 1 aliphatic rings. The zero-order valence-electron chi connectivity index (χ0n) is 17.1. The van der Waals surface area contributed by atoms with Crippen molar-refractivity contribution in [3.8, 4) is 11.5 Å². The predicted octanol–water partition coefficient (Wildman–Crippen LogP) is 1.91. The van der Waals surface area contributed by atoms with Crippen LogP contribution >= 0.6 is 0 Å². The number of rotatable bonds is 10. The molecule has 1 aliphatic heterocycles. The molecule has 1 fully saturated rings. The van der Waals surface area contributed by atoms with Crippen molar-refractivity contribution in [2.45, 2.75) is 33.1 Å². The van der Waals surface area contributed by atoms with Crippen LogP contribution in [0.2, 0.25) is 0 Å². The zero-order valence-corrected chi connectivity index (χ0v) is 17.1. The number of carbonyl (C=O) groups excluding carboxylic acids is 2. The predicted molar refractivity (Wildman–Crippen MR) is 109 cm³/mol. The summed E-state index contributed by atoms with van der Waals surface area (Å²) in [6.45, 7) is 8.98. The van der Waals surface area contributed by atoms with Crippen molar-refractivity contribution in [1.82, 2.24) is 15.1 Å². The molecule has 7 heteroatoms. The highest BCUT2D eigenvalue weighted by atomic mass is 16.5. The maximum absolute atomic E-state index is 12.5. The molecule has 1 aromatic rings. The summed E-state index contributed by atoms with van der Waals surface area (Å²) in [5.74, 6) is 1.65. The third-order valence-electron chi connectivity index (χ3n) is 4.62. The first-order valence-electron chi connectivity index (χ1n) is 10.3. The molecule has 0 bridgehead atoms. The summed E-state index contributed by atoms with van der Waals surface area (Å²) in [6.07, 6.45) is 2.02. The summed E-state index contributed by atoms with van der Waals surface area (Å²) >= 11 is 0. The highest BCUT2D eigenvalue weighted by molar-refractivity contribution is 5.78. The second-order valence-corrected chi connectivity index (χ2v) is 6.80. The van der Waals surface area contributed by atoms with Crippen molar-refractivity contribution >= 4 is 11.8 Å². The van der Waals surface area contributed by atoms with Crippen LogP contribution < -0.4 is 14.8 Å². The van der Waals surface area contributed by atoms with Crippen molar-refractivity contribution in [2.75, 3.05) is 52.5 Å². The van der Waals surface area contributed by atoms with E-state index in [9.17, 15) is 9.59 Å². The molecule has 1 saturated heterocycles. The Balaban J connectivity index is 1.70. The molecule has 7 nitrogen and oxygen atoms in total. The van der Waals surface area contributed by atoms with Crippen LogP contribution in [-0.4, -0.2) is 74.1 Å². The Hall–Kier alpha value is -2.28. The van der Waals surface area contributed by atoms with Crippen LogP contribution in [0.4, 0.5) is 0 Å². The van der Waals surface area contributed by atoms with Gasteiger partial charge in [-0.15, -0.1) is 0 Å². The Labute approximate surface area is 168 Å². The van der Waals surface area contributed by atoms with E-state index in [-0.39, 0.29) is 11.8 Å². The SMILES string of the molecule is CCNC(=O)CN1CCCN(C(=O)CCCOc2ccccc2OCC)CC1. The Morgan fingerprint density at radius 2 is 1.79 bits per heavy atom. The average molecular weight is 392 g/mol. The molecule has 0 saturated carbocycles.